The van der Waals surface area contributed by atoms with E-state index in [-0.39, 0.29) is 0 Å². The van der Waals surface area contributed by atoms with Crippen molar-refractivity contribution in [3.63, 3.8) is 0 Å². The number of hydrogen-bond donors (Lipinski definition) is 1. The van der Waals surface area contributed by atoms with Crippen molar-refractivity contribution in [1.82, 2.24) is 5.32 Å². The van der Waals surface area contributed by atoms with Gasteiger partial charge in [-0.1, -0.05) is 13.5 Å². The number of methoxy groups -OCH3 is 1. The summed E-state index contributed by atoms with van der Waals surface area (Å²) in [6.07, 6.45) is 1.14. The van der Waals surface area contributed by atoms with Gasteiger partial charge in [-0.3, -0.25) is 0 Å². The summed E-state index contributed by atoms with van der Waals surface area (Å²) in [5.74, 6) is 0. The molecule has 0 aliphatic heterocycles. The van der Waals surface area contributed by atoms with E-state index >= 15 is 0 Å². The summed E-state index contributed by atoms with van der Waals surface area (Å²) >= 11 is 0. The Hall–Kier alpha value is -0.420. The summed E-state index contributed by atoms with van der Waals surface area (Å²) in [6.45, 7) is 11.0. The van der Waals surface area contributed by atoms with Gasteiger partial charge in [0.15, 0.2) is 0 Å². The zero-order valence-corrected chi connectivity index (χ0v) is 10.6. The molecular formula is C12H25NO3. The molecule has 16 heavy (non-hydrogen) atoms. The van der Waals surface area contributed by atoms with Gasteiger partial charge in [-0.25, -0.2) is 0 Å². The Morgan fingerprint density at radius 2 is 1.81 bits per heavy atom. The van der Waals surface area contributed by atoms with E-state index in [1.54, 1.807) is 7.11 Å². The van der Waals surface area contributed by atoms with Crippen molar-refractivity contribution in [3.8, 4) is 0 Å². The standard InChI is InChI=1S/C12H25NO3/c1-4-5-13-10-12(2)11-16-9-8-15-7-6-14-3/h13H,2,4-11H2,1,3H3. The Labute approximate surface area is 99.0 Å². The highest BCUT2D eigenvalue weighted by atomic mass is 16.5. The highest BCUT2D eigenvalue weighted by Crippen LogP contribution is 1.90. The zero-order chi connectivity index (χ0) is 12.1. The van der Waals surface area contributed by atoms with E-state index in [0.717, 1.165) is 25.1 Å². The lowest BCUT2D eigenvalue weighted by Crippen LogP contribution is -2.20. The van der Waals surface area contributed by atoms with Crippen molar-refractivity contribution in [3.05, 3.63) is 12.2 Å². The van der Waals surface area contributed by atoms with Crippen molar-refractivity contribution in [2.75, 3.05) is 53.2 Å². The molecule has 0 rings (SSSR count). The van der Waals surface area contributed by atoms with E-state index in [1.165, 1.54) is 0 Å². The Morgan fingerprint density at radius 3 is 2.50 bits per heavy atom. The second-order valence-electron chi connectivity index (χ2n) is 3.58. The van der Waals surface area contributed by atoms with Gasteiger partial charge < -0.3 is 19.5 Å². The van der Waals surface area contributed by atoms with Crippen LogP contribution in [0.5, 0.6) is 0 Å². The lowest BCUT2D eigenvalue weighted by atomic mass is 10.3. The largest absolute Gasteiger partial charge is 0.382 e. The Kier molecular flexibility index (Phi) is 12.3. The molecule has 0 unspecified atom stereocenters. The van der Waals surface area contributed by atoms with Gasteiger partial charge in [0.25, 0.3) is 0 Å². The first kappa shape index (κ1) is 15.6. The van der Waals surface area contributed by atoms with Crippen LogP contribution in [0, 0.1) is 0 Å². The molecule has 0 aliphatic rings. The fourth-order valence-corrected chi connectivity index (χ4v) is 1.07. The van der Waals surface area contributed by atoms with Crippen LogP contribution in [0.4, 0.5) is 0 Å². The summed E-state index contributed by atoms with van der Waals surface area (Å²) in [5.41, 5.74) is 1.07. The van der Waals surface area contributed by atoms with Gasteiger partial charge >= 0.3 is 0 Å². The molecule has 0 bridgehead atoms. The second kappa shape index (κ2) is 12.6. The maximum Gasteiger partial charge on any atom is 0.0704 e. The van der Waals surface area contributed by atoms with Gasteiger partial charge in [-0.15, -0.1) is 0 Å². The molecule has 0 spiro atoms. The van der Waals surface area contributed by atoms with E-state index in [4.69, 9.17) is 14.2 Å². The average Bonchev–Trinajstić information content (AvgIpc) is 2.28. The molecule has 0 saturated heterocycles. The van der Waals surface area contributed by atoms with E-state index in [1.807, 2.05) is 0 Å². The van der Waals surface area contributed by atoms with E-state index in [0.29, 0.717) is 33.0 Å². The molecule has 1 N–H and O–H groups in total. The predicted octanol–water partition coefficient (Wildman–Crippen LogP) is 1.22. The molecule has 0 aromatic rings. The normalized spacial score (nSPS) is 10.6. The van der Waals surface area contributed by atoms with E-state index in [2.05, 4.69) is 18.8 Å². The predicted molar refractivity (Wildman–Crippen MR) is 65.8 cm³/mol. The van der Waals surface area contributed by atoms with Crippen LogP contribution < -0.4 is 5.32 Å². The Bertz CT molecular complexity index is 162. The van der Waals surface area contributed by atoms with Gasteiger partial charge in [0.1, 0.15) is 0 Å². The van der Waals surface area contributed by atoms with Crippen molar-refractivity contribution in [2.45, 2.75) is 13.3 Å². The molecule has 96 valence electrons. The third-order valence-corrected chi connectivity index (χ3v) is 1.91. The quantitative estimate of drug-likeness (QED) is 0.405. The molecular weight excluding hydrogens is 206 g/mol. The third kappa shape index (κ3) is 11.7. The lowest BCUT2D eigenvalue weighted by Gasteiger charge is -2.08. The van der Waals surface area contributed by atoms with Gasteiger partial charge in [-0.05, 0) is 18.5 Å². The molecule has 0 radical (unpaired) electrons. The number of hydrogen-bond acceptors (Lipinski definition) is 4. The van der Waals surface area contributed by atoms with Crippen LogP contribution in [0.2, 0.25) is 0 Å². The maximum absolute atomic E-state index is 5.40. The van der Waals surface area contributed by atoms with Gasteiger partial charge in [0, 0.05) is 13.7 Å². The number of ether oxygens (including phenoxy) is 3. The fourth-order valence-electron chi connectivity index (χ4n) is 1.07. The first-order valence-electron chi connectivity index (χ1n) is 5.83. The summed E-state index contributed by atoms with van der Waals surface area (Å²) < 4.78 is 15.5. The molecule has 0 heterocycles. The van der Waals surface area contributed by atoms with Gasteiger partial charge in [0.05, 0.1) is 33.0 Å². The van der Waals surface area contributed by atoms with Crippen molar-refractivity contribution >= 4 is 0 Å². The minimum Gasteiger partial charge on any atom is -0.382 e. The van der Waals surface area contributed by atoms with Crippen molar-refractivity contribution < 1.29 is 14.2 Å². The molecule has 4 heteroatoms. The number of nitrogens with one attached hydrogen (secondary N) is 1. The van der Waals surface area contributed by atoms with E-state index < -0.39 is 0 Å². The minimum atomic E-state index is 0.602. The van der Waals surface area contributed by atoms with Crippen LogP contribution in [0.1, 0.15) is 13.3 Å². The second-order valence-corrected chi connectivity index (χ2v) is 3.58. The van der Waals surface area contributed by atoms with Crippen molar-refractivity contribution in [2.24, 2.45) is 0 Å². The van der Waals surface area contributed by atoms with Gasteiger partial charge in [0.2, 0.25) is 0 Å². The molecule has 0 amide bonds. The number of rotatable bonds is 12. The lowest BCUT2D eigenvalue weighted by molar-refractivity contribution is 0.0299. The Morgan fingerprint density at radius 1 is 1.12 bits per heavy atom. The van der Waals surface area contributed by atoms with Gasteiger partial charge in [-0.2, -0.15) is 0 Å². The Balaban J connectivity index is 3.09. The SMILES string of the molecule is C=C(CNCCC)COCCOCCOC. The van der Waals surface area contributed by atoms with E-state index in [9.17, 15) is 0 Å². The average molecular weight is 231 g/mol. The summed E-state index contributed by atoms with van der Waals surface area (Å²) in [6, 6.07) is 0. The van der Waals surface area contributed by atoms with Crippen molar-refractivity contribution in [1.29, 1.82) is 0 Å². The van der Waals surface area contributed by atoms with Crippen LogP contribution in [-0.4, -0.2) is 53.2 Å². The third-order valence-electron chi connectivity index (χ3n) is 1.91. The van der Waals surface area contributed by atoms with Crippen LogP contribution >= 0.6 is 0 Å². The fraction of sp³-hybridized carbons (Fsp3) is 0.833. The van der Waals surface area contributed by atoms with Crippen LogP contribution in [-0.2, 0) is 14.2 Å². The minimum absolute atomic E-state index is 0.602. The summed E-state index contributed by atoms with van der Waals surface area (Å²) in [4.78, 5) is 0. The molecule has 0 saturated carbocycles. The molecule has 0 aliphatic carbocycles. The van der Waals surface area contributed by atoms with Crippen LogP contribution in [0.3, 0.4) is 0 Å². The molecule has 0 aromatic heterocycles. The molecule has 0 atom stereocenters. The molecule has 0 fully saturated rings. The van der Waals surface area contributed by atoms with Crippen LogP contribution in [0.25, 0.3) is 0 Å². The van der Waals surface area contributed by atoms with Crippen LogP contribution in [0.15, 0.2) is 12.2 Å². The first-order chi connectivity index (χ1) is 7.81. The highest BCUT2D eigenvalue weighted by molar-refractivity contribution is 4.96. The summed E-state index contributed by atoms with van der Waals surface area (Å²) in [5, 5.41) is 3.28. The zero-order valence-electron chi connectivity index (χ0n) is 10.6. The smallest absolute Gasteiger partial charge is 0.0704 e. The molecule has 4 nitrogen and oxygen atoms in total. The molecule has 0 aromatic carbocycles. The first-order valence-corrected chi connectivity index (χ1v) is 5.83. The highest BCUT2D eigenvalue weighted by Gasteiger charge is 1.94. The monoisotopic (exact) mass is 231 g/mol. The topological polar surface area (TPSA) is 39.7 Å². The summed E-state index contributed by atoms with van der Waals surface area (Å²) in [7, 11) is 1.66. The maximum atomic E-state index is 5.40.